The Balaban J connectivity index is 1.45. The van der Waals surface area contributed by atoms with Gasteiger partial charge in [-0.1, -0.05) is 34.6 Å². The smallest absolute Gasteiger partial charge is 0.257 e. The van der Waals surface area contributed by atoms with Gasteiger partial charge in [-0.25, -0.2) is 0 Å². The maximum absolute atomic E-state index is 11.2. The second-order valence-electron chi connectivity index (χ2n) is 6.65. The van der Waals surface area contributed by atoms with E-state index < -0.39 is 0 Å². The highest BCUT2D eigenvalue weighted by atomic mass is 32.2. The molecule has 3 aromatic rings. The Morgan fingerprint density at radius 2 is 2.07 bits per heavy atom. The van der Waals surface area contributed by atoms with Gasteiger partial charge in [0.25, 0.3) is 5.89 Å². The number of primary amides is 1. The fourth-order valence-electron chi connectivity index (χ4n) is 2.74. The first-order valence-electron chi connectivity index (χ1n) is 8.84. The molecule has 8 nitrogen and oxygen atoms in total. The van der Waals surface area contributed by atoms with E-state index in [2.05, 4.69) is 20.3 Å². The number of nitrogens with two attached hydrogens (primary N) is 1. The van der Waals surface area contributed by atoms with E-state index in [4.69, 9.17) is 10.3 Å². The number of aromatic nitrogens is 5. The van der Waals surface area contributed by atoms with Crippen LogP contribution >= 0.6 is 11.8 Å². The topological polar surface area (TPSA) is 113 Å². The van der Waals surface area contributed by atoms with Crippen molar-refractivity contribution in [3.63, 3.8) is 0 Å². The number of rotatable bonds is 8. The SMILES string of the molecule is Cc1ccc(-c2nc(CSc3nnc(C4CC4)n3CCC(N)=O)no2)cc1. The molecular weight excluding hydrogens is 364 g/mol. The Morgan fingerprint density at radius 3 is 2.78 bits per heavy atom. The highest BCUT2D eigenvalue weighted by Crippen LogP contribution is 2.40. The summed E-state index contributed by atoms with van der Waals surface area (Å²) in [5, 5.41) is 13.4. The number of hydrogen-bond donors (Lipinski definition) is 1. The summed E-state index contributed by atoms with van der Waals surface area (Å²) in [5.41, 5.74) is 7.37. The molecule has 2 N–H and O–H groups in total. The standard InChI is InChI=1S/C18H20N6O2S/c1-11-2-4-13(5-3-11)17-20-15(23-26-17)10-27-18-22-21-16(12-6-7-12)24(18)9-8-14(19)25/h2-5,12H,6-10H2,1H3,(H2,19,25). The molecule has 1 fully saturated rings. The first-order chi connectivity index (χ1) is 13.1. The summed E-state index contributed by atoms with van der Waals surface area (Å²) >= 11 is 1.48. The minimum absolute atomic E-state index is 0.269. The average Bonchev–Trinajstić information content (AvgIpc) is 3.24. The lowest BCUT2D eigenvalue weighted by Crippen LogP contribution is -2.15. The molecule has 1 aliphatic carbocycles. The number of amides is 1. The predicted molar refractivity (Wildman–Crippen MR) is 99.8 cm³/mol. The minimum atomic E-state index is -0.331. The summed E-state index contributed by atoms with van der Waals surface area (Å²) in [4.78, 5) is 15.6. The fraction of sp³-hybridized carbons (Fsp3) is 0.389. The molecule has 0 spiro atoms. The third-order valence-electron chi connectivity index (χ3n) is 4.37. The lowest BCUT2D eigenvalue weighted by Gasteiger charge is -2.07. The summed E-state index contributed by atoms with van der Waals surface area (Å²) < 4.78 is 7.36. The van der Waals surface area contributed by atoms with Gasteiger partial charge in [-0.05, 0) is 31.9 Å². The van der Waals surface area contributed by atoms with Gasteiger partial charge in [-0.15, -0.1) is 10.2 Å². The number of aryl methyl sites for hydroxylation is 1. The Labute approximate surface area is 160 Å². The zero-order valence-electron chi connectivity index (χ0n) is 15.0. The van der Waals surface area contributed by atoms with Crippen molar-refractivity contribution in [1.82, 2.24) is 24.9 Å². The zero-order chi connectivity index (χ0) is 18.8. The molecule has 4 rings (SSSR count). The van der Waals surface area contributed by atoms with Crippen LogP contribution in [-0.4, -0.2) is 30.8 Å². The predicted octanol–water partition coefficient (Wildman–Crippen LogP) is 2.68. The molecule has 0 atom stereocenters. The summed E-state index contributed by atoms with van der Waals surface area (Å²) in [7, 11) is 0. The van der Waals surface area contributed by atoms with E-state index in [1.54, 1.807) is 0 Å². The Morgan fingerprint density at radius 1 is 1.30 bits per heavy atom. The molecule has 2 heterocycles. The lowest BCUT2D eigenvalue weighted by molar-refractivity contribution is -0.118. The van der Waals surface area contributed by atoms with Crippen LogP contribution in [0.15, 0.2) is 33.9 Å². The average molecular weight is 384 g/mol. The van der Waals surface area contributed by atoms with Gasteiger partial charge in [0, 0.05) is 24.4 Å². The Bertz CT molecular complexity index is 945. The van der Waals surface area contributed by atoms with Crippen LogP contribution < -0.4 is 5.73 Å². The van der Waals surface area contributed by atoms with Crippen molar-refractivity contribution >= 4 is 17.7 Å². The second-order valence-corrected chi connectivity index (χ2v) is 7.60. The normalized spacial score (nSPS) is 13.8. The molecule has 27 heavy (non-hydrogen) atoms. The number of benzene rings is 1. The van der Waals surface area contributed by atoms with Crippen molar-refractivity contribution in [2.75, 3.05) is 0 Å². The van der Waals surface area contributed by atoms with Crippen LogP contribution in [0.1, 0.15) is 42.4 Å². The molecule has 140 valence electrons. The molecule has 2 aromatic heterocycles. The molecular formula is C18H20N6O2S. The maximum Gasteiger partial charge on any atom is 0.257 e. The maximum atomic E-state index is 11.2. The monoisotopic (exact) mass is 384 g/mol. The van der Waals surface area contributed by atoms with Crippen LogP contribution in [0.25, 0.3) is 11.5 Å². The molecule has 0 radical (unpaired) electrons. The number of hydrogen-bond acceptors (Lipinski definition) is 7. The van der Waals surface area contributed by atoms with E-state index in [1.165, 1.54) is 17.3 Å². The van der Waals surface area contributed by atoms with Crippen LogP contribution in [0.4, 0.5) is 0 Å². The Kier molecular flexibility index (Phi) is 4.93. The van der Waals surface area contributed by atoms with Crippen molar-refractivity contribution in [3.05, 3.63) is 41.5 Å². The third kappa shape index (κ3) is 4.19. The molecule has 0 aliphatic heterocycles. The summed E-state index contributed by atoms with van der Waals surface area (Å²) in [6.45, 7) is 2.53. The summed E-state index contributed by atoms with van der Waals surface area (Å²) in [6.07, 6.45) is 2.50. The quantitative estimate of drug-likeness (QED) is 0.594. The van der Waals surface area contributed by atoms with Crippen LogP contribution in [0.5, 0.6) is 0 Å². The molecule has 0 saturated heterocycles. The molecule has 1 amide bonds. The van der Waals surface area contributed by atoms with E-state index in [1.807, 2.05) is 35.8 Å². The van der Waals surface area contributed by atoms with Crippen molar-refractivity contribution in [1.29, 1.82) is 0 Å². The van der Waals surface area contributed by atoms with Gasteiger partial charge >= 0.3 is 0 Å². The molecule has 0 bridgehead atoms. The van der Waals surface area contributed by atoms with Gasteiger partial charge in [0.05, 0.1) is 5.75 Å². The van der Waals surface area contributed by atoms with Crippen LogP contribution in [0.3, 0.4) is 0 Å². The number of thioether (sulfide) groups is 1. The Hall–Kier alpha value is -2.68. The van der Waals surface area contributed by atoms with Gasteiger partial charge in [0.2, 0.25) is 5.91 Å². The third-order valence-corrected chi connectivity index (χ3v) is 5.33. The van der Waals surface area contributed by atoms with Crippen molar-refractivity contribution in [2.24, 2.45) is 5.73 Å². The van der Waals surface area contributed by atoms with Crippen LogP contribution in [0, 0.1) is 6.92 Å². The number of carbonyl (C=O) groups is 1. The van der Waals surface area contributed by atoms with Crippen molar-refractivity contribution in [3.8, 4) is 11.5 Å². The van der Waals surface area contributed by atoms with E-state index >= 15 is 0 Å². The van der Waals surface area contributed by atoms with Gasteiger partial charge in [-0.3, -0.25) is 4.79 Å². The second kappa shape index (κ2) is 7.51. The lowest BCUT2D eigenvalue weighted by atomic mass is 10.1. The van der Waals surface area contributed by atoms with Gasteiger partial charge < -0.3 is 14.8 Å². The van der Waals surface area contributed by atoms with Crippen LogP contribution in [-0.2, 0) is 17.1 Å². The highest BCUT2D eigenvalue weighted by molar-refractivity contribution is 7.98. The van der Waals surface area contributed by atoms with Crippen molar-refractivity contribution in [2.45, 2.75) is 49.6 Å². The van der Waals surface area contributed by atoms with Crippen molar-refractivity contribution < 1.29 is 9.32 Å². The highest BCUT2D eigenvalue weighted by Gasteiger charge is 2.30. The van der Waals surface area contributed by atoms with E-state index in [9.17, 15) is 4.79 Å². The van der Waals surface area contributed by atoms with E-state index in [0.717, 1.165) is 29.4 Å². The summed E-state index contributed by atoms with van der Waals surface area (Å²) in [6, 6.07) is 7.94. The first kappa shape index (κ1) is 17.7. The molecule has 1 saturated carbocycles. The zero-order valence-corrected chi connectivity index (χ0v) is 15.8. The van der Waals surface area contributed by atoms with E-state index in [-0.39, 0.29) is 12.3 Å². The number of nitrogens with zero attached hydrogens (tertiary/aromatic N) is 5. The summed E-state index contributed by atoms with van der Waals surface area (Å²) in [5.74, 6) is 2.65. The fourth-order valence-corrected chi connectivity index (χ4v) is 3.55. The number of carbonyl (C=O) groups excluding carboxylic acids is 1. The first-order valence-corrected chi connectivity index (χ1v) is 9.82. The van der Waals surface area contributed by atoms with Crippen LogP contribution in [0.2, 0.25) is 0 Å². The molecule has 9 heteroatoms. The van der Waals surface area contributed by atoms with E-state index in [0.29, 0.717) is 29.9 Å². The molecule has 1 aliphatic rings. The van der Waals surface area contributed by atoms with Gasteiger partial charge in [0.15, 0.2) is 11.0 Å². The van der Waals surface area contributed by atoms with Gasteiger partial charge in [-0.2, -0.15) is 4.98 Å². The van der Waals surface area contributed by atoms with Gasteiger partial charge in [0.1, 0.15) is 5.82 Å². The molecule has 0 unspecified atom stereocenters. The molecule has 1 aromatic carbocycles. The largest absolute Gasteiger partial charge is 0.370 e. The minimum Gasteiger partial charge on any atom is -0.370 e.